The molecule has 2 rings (SSSR count). The van der Waals surface area contributed by atoms with Crippen molar-refractivity contribution in [2.75, 3.05) is 6.54 Å². The Morgan fingerprint density at radius 3 is 2.29 bits per heavy atom. The summed E-state index contributed by atoms with van der Waals surface area (Å²) >= 11 is 0. The van der Waals surface area contributed by atoms with Crippen LogP contribution in [0.1, 0.15) is 47.0 Å². The van der Waals surface area contributed by atoms with Gasteiger partial charge in [0, 0.05) is 23.1 Å². The van der Waals surface area contributed by atoms with E-state index in [4.69, 9.17) is 0 Å². The van der Waals surface area contributed by atoms with E-state index in [1.165, 1.54) is 30.5 Å². The van der Waals surface area contributed by atoms with Crippen LogP contribution in [0.15, 0.2) is 35.6 Å². The topological polar surface area (TPSA) is 12.0 Å². The monoisotopic (exact) mass is 231 g/mol. The predicted octanol–water partition coefficient (Wildman–Crippen LogP) is 4.19. The van der Waals surface area contributed by atoms with E-state index in [0.717, 1.165) is 6.54 Å². The Bertz CT molecular complexity index is 344. The average Bonchev–Trinajstić information content (AvgIpc) is 2.40. The molecule has 0 aromatic rings. The summed E-state index contributed by atoms with van der Waals surface area (Å²) < 4.78 is 0. The van der Waals surface area contributed by atoms with Gasteiger partial charge in [-0.2, -0.15) is 0 Å². The van der Waals surface area contributed by atoms with Crippen LogP contribution in [0, 0.1) is 10.8 Å². The maximum atomic E-state index is 3.60. The van der Waals surface area contributed by atoms with Crippen LogP contribution in [0.25, 0.3) is 0 Å². The molecule has 1 aliphatic heterocycles. The average molecular weight is 231 g/mol. The van der Waals surface area contributed by atoms with Crippen LogP contribution < -0.4 is 5.32 Å². The third-order valence-electron chi connectivity index (χ3n) is 3.54. The molecule has 17 heavy (non-hydrogen) atoms. The van der Waals surface area contributed by atoms with Gasteiger partial charge >= 0.3 is 0 Å². The number of nitrogens with one attached hydrogen (secondary N) is 1. The smallest absolute Gasteiger partial charge is 0.0337 e. The maximum absolute atomic E-state index is 3.60. The van der Waals surface area contributed by atoms with E-state index in [1.807, 2.05) is 0 Å². The highest BCUT2D eigenvalue weighted by atomic mass is 14.9. The van der Waals surface area contributed by atoms with Gasteiger partial charge in [0.1, 0.15) is 0 Å². The Hall–Kier alpha value is -0.980. The van der Waals surface area contributed by atoms with Gasteiger partial charge in [-0.25, -0.2) is 0 Å². The van der Waals surface area contributed by atoms with Crippen molar-refractivity contribution in [2.45, 2.75) is 47.0 Å². The molecule has 0 amide bonds. The van der Waals surface area contributed by atoms with Crippen LogP contribution in [0.5, 0.6) is 0 Å². The lowest BCUT2D eigenvalue weighted by Gasteiger charge is -2.27. The first-order chi connectivity index (χ1) is 7.88. The molecular weight excluding hydrogens is 206 g/mol. The first-order valence-electron chi connectivity index (χ1n) is 6.77. The molecule has 0 atom stereocenters. The molecule has 0 unspecified atom stereocenters. The molecule has 94 valence electrons. The van der Waals surface area contributed by atoms with Crippen LogP contribution in [0.2, 0.25) is 0 Å². The minimum Gasteiger partial charge on any atom is -0.385 e. The molecule has 0 spiro atoms. The third kappa shape index (κ3) is 3.24. The standard InChI is InChI=1S/C16H25N/c1-15(2)8-9-16(3,4)12-14-13(11-15)7-5-6-10-17-14/h8-9,11-12,17H,5-7,10H2,1-4H3/b9-8-,13-11-,14-12+. The summed E-state index contributed by atoms with van der Waals surface area (Å²) in [7, 11) is 0. The lowest BCUT2D eigenvalue weighted by molar-refractivity contribution is 0.562. The summed E-state index contributed by atoms with van der Waals surface area (Å²) in [5.74, 6) is 0. The van der Waals surface area contributed by atoms with Gasteiger partial charge in [0.25, 0.3) is 0 Å². The second-order valence-corrected chi connectivity index (χ2v) is 6.59. The number of fused-ring (bicyclic) bond motifs is 1. The Morgan fingerprint density at radius 1 is 0.941 bits per heavy atom. The molecule has 1 saturated heterocycles. The number of allylic oxidation sites excluding steroid dienone is 5. The van der Waals surface area contributed by atoms with E-state index < -0.39 is 0 Å². The third-order valence-corrected chi connectivity index (χ3v) is 3.54. The van der Waals surface area contributed by atoms with Gasteiger partial charge in [-0.1, -0.05) is 52.0 Å². The van der Waals surface area contributed by atoms with Crippen molar-refractivity contribution in [3.8, 4) is 0 Å². The molecule has 0 saturated carbocycles. The van der Waals surface area contributed by atoms with Crippen molar-refractivity contribution in [1.82, 2.24) is 5.32 Å². The Labute approximate surface area is 106 Å². The van der Waals surface area contributed by atoms with Gasteiger partial charge in [0.15, 0.2) is 0 Å². The molecule has 1 heterocycles. The van der Waals surface area contributed by atoms with E-state index in [2.05, 4.69) is 57.3 Å². The SMILES string of the molecule is CC1(C)/C=C\C(C)(C)/C=C2/NCCCC/C2=C/1. The number of hydrogen-bond acceptors (Lipinski definition) is 1. The minimum atomic E-state index is 0.142. The minimum absolute atomic E-state index is 0.142. The second-order valence-electron chi connectivity index (χ2n) is 6.59. The molecule has 1 heteroatoms. The molecule has 1 nitrogen and oxygen atoms in total. The number of hydrogen-bond donors (Lipinski definition) is 1. The van der Waals surface area contributed by atoms with Gasteiger partial charge in [-0.3, -0.25) is 0 Å². The summed E-state index contributed by atoms with van der Waals surface area (Å²) in [5, 5.41) is 3.60. The van der Waals surface area contributed by atoms with Crippen molar-refractivity contribution in [2.24, 2.45) is 10.8 Å². The van der Waals surface area contributed by atoms with Gasteiger partial charge in [-0.15, -0.1) is 0 Å². The van der Waals surface area contributed by atoms with Gasteiger partial charge in [0.05, 0.1) is 0 Å². The quantitative estimate of drug-likeness (QED) is 0.616. The van der Waals surface area contributed by atoms with Crippen molar-refractivity contribution in [3.63, 3.8) is 0 Å². The highest BCUT2D eigenvalue weighted by molar-refractivity contribution is 5.37. The van der Waals surface area contributed by atoms with E-state index in [-0.39, 0.29) is 10.8 Å². The van der Waals surface area contributed by atoms with Crippen LogP contribution in [-0.4, -0.2) is 6.54 Å². The molecule has 1 aliphatic carbocycles. The fourth-order valence-electron chi connectivity index (χ4n) is 2.55. The van der Waals surface area contributed by atoms with Gasteiger partial charge in [-0.05, 0) is 24.8 Å². The zero-order chi connectivity index (χ0) is 12.5. The molecule has 0 radical (unpaired) electrons. The first-order valence-corrected chi connectivity index (χ1v) is 6.77. The summed E-state index contributed by atoms with van der Waals surface area (Å²) in [4.78, 5) is 0. The van der Waals surface area contributed by atoms with Crippen LogP contribution in [0.4, 0.5) is 0 Å². The van der Waals surface area contributed by atoms with Crippen molar-refractivity contribution in [1.29, 1.82) is 0 Å². The van der Waals surface area contributed by atoms with Crippen LogP contribution in [0.3, 0.4) is 0 Å². The van der Waals surface area contributed by atoms with Crippen molar-refractivity contribution >= 4 is 0 Å². The highest BCUT2D eigenvalue weighted by Crippen LogP contribution is 2.34. The molecular formula is C16H25N. The van der Waals surface area contributed by atoms with Gasteiger partial charge < -0.3 is 5.32 Å². The number of rotatable bonds is 0. The van der Waals surface area contributed by atoms with E-state index in [1.54, 1.807) is 0 Å². The zero-order valence-corrected chi connectivity index (χ0v) is 11.6. The molecule has 0 aromatic heterocycles. The second kappa shape index (κ2) is 4.36. The van der Waals surface area contributed by atoms with Crippen LogP contribution >= 0.6 is 0 Å². The van der Waals surface area contributed by atoms with Gasteiger partial charge in [0.2, 0.25) is 0 Å². The summed E-state index contributed by atoms with van der Waals surface area (Å²) in [6.45, 7) is 10.3. The van der Waals surface area contributed by atoms with E-state index in [0.29, 0.717) is 0 Å². The summed E-state index contributed by atoms with van der Waals surface area (Å²) in [6, 6.07) is 0. The Morgan fingerprint density at radius 2 is 1.59 bits per heavy atom. The summed E-state index contributed by atoms with van der Waals surface area (Å²) in [6.07, 6.45) is 13.3. The molecule has 2 aliphatic rings. The highest BCUT2D eigenvalue weighted by Gasteiger charge is 2.22. The van der Waals surface area contributed by atoms with Crippen molar-refractivity contribution < 1.29 is 0 Å². The van der Waals surface area contributed by atoms with E-state index >= 15 is 0 Å². The zero-order valence-electron chi connectivity index (χ0n) is 11.6. The maximum Gasteiger partial charge on any atom is 0.0337 e. The lowest BCUT2D eigenvalue weighted by Crippen LogP contribution is -2.20. The first kappa shape index (κ1) is 12.5. The predicted molar refractivity (Wildman–Crippen MR) is 74.7 cm³/mol. The Balaban J connectivity index is 2.47. The molecule has 1 fully saturated rings. The largest absolute Gasteiger partial charge is 0.385 e. The fourth-order valence-corrected chi connectivity index (χ4v) is 2.55. The van der Waals surface area contributed by atoms with E-state index in [9.17, 15) is 0 Å². The van der Waals surface area contributed by atoms with Crippen LogP contribution in [-0.2, 0) is 0 Å². The normalized spacial score (nSPS) is 34.6. The fraction of sp³-hybridized carbons (Fsp3) is 0.625. The molecule has 0 bridgehead atoms. The summed E-state index contributed by atoms with van der Waals surface area (Å²) in [5.41, 5.74) is 3.18. The Kier molecular flexibility index (Phi) is 3.20. The van der Waals surface area contributed by atoms with Crippen molar-refractivity contribution in [3.05, 3.63) is 35.6 Å². The lowest BCUT2D eigenvalue weighted by atomic mass is 9.80. The molecule has 1 N–H and O–H groups in total. The molecule has 0 aromatic carbocycles.